The van der Waals surface area contributed by atoms with Gasteiger partial charge in [0.25, 0.3) is 0 Å². The largest absolute Gasteiger partial charge is 0.497 e. The number of benzene rings is 1. The third kappa shape index (κ3) is 3.48. The molecule has 1 atom stereocenters. The third-order valence-corrected chi connectivity index (χ3v) is 4.07. The molecule has 1 aliphatic rings. The summed E-state index contributed by atoms with van der Waals surface area (Å²) in [4.78, 5) is 22.4. The molecule has 3 rings (SSSR count). The van der Waals surface area contributed by atoms with Crippen LogP contribution in [0.2, 0.25) is 0 Å². The summed E-state index contributed by atoms with van der Waals surface area (Å²) in [7, 11) is 1.64. The molecule has 0 saturated carbocycles. The summed E-state index contributed by atoms with van der Waals surface area (Å²) < 4.78 is 5.25. The lowest BCUT2D eigenvalue weighted by atomic mass is 10.1. The fraction of sp³-hybridized carbons (Fsp3) is 0.353. The molecule has 2 N–H and O–H groups in total. The Balaban J connectivity index is 1.88. The van der Waals surface area contributed by atoms with Crippen molar-refractivity contribution in [3.8, 4) is 17.1 Å². The first-order chi connectivity index (χ1) is 11.2. The third-order valence-electron chi connectivity index (χ3n) is 4.07. The Morgan fingerprint density at radius 1 is 1.43 bits per heavy atom. The van der Waals surface area contributed by atoms with Crippen molar-refractivity contribution in [3.63, 3.8) is 0 Å². The summed E-state index contributed by atoms with van der Waals surface area (Å²) in [6.45, 7) is 1.13. The zero-order chi connectivity index (χ0) is 16.2. The molecule has 23 heavy (non-hydrogen) atoms. The van der Waals surface area contributed by atoms with Crippen molar-refractivity contribution in [2.45, 2.75) is 18.9 Å². The highest BCUT2D eigenvalue weighted by atomic mass is 16.5. The number of amides is 1. The maximum absolute atomic E-state index is 11.2. The van der Waals surface area contributed by atoms with Gasteiger partial charge in [0, 0.05) is 11.8 Å². The number of likely N-dealkylation sites (tertiary alicyclic amines) is 1. The Kier molecular flexibility index (Phi) is 4.52. The summed E-state index contributed by atoms with van der Waals surface area (Å²) in [6.07, 6.45) is 3.77. The molecule has 6 nitrogen and oxygen atoms in total. The van der Waals surface area contributed by atoms with E-state index >= 15 is 0 Å². The van der Waals surface area contributed by atoms with Crippen LogP contribution >= 0.6 is 0 Å². The van der Waals surface area contributed by atoms with E-state index < -0.39 is 0 Å². The Morgan fingerprint density at radius 3 is 3.09 bits per heavy atom. The van der Waals surface area contributed by atoms with Gasteiger partial charge in [0.1, 0.15) is 5.75 Å². The smallest absolute Gasteiger partial charge is 0.231 e. The van der Waals surface area contributed by atoms with Crippen LogP contribution in [0.3, 0.4) is 0 Å². The number of rotatable bonds is 5. The molecule has 0 unspecified atom stereocenters. The number of ether oxygens (including phenoxy) is 1. The molecule has 2 aromatic rings. The topological polar surface area (TPSA) is 81.3 Å². The van der Waals surface area contributed by atoms with Crippen molar-refractivity contribution in [3.05, 3.63) is 42.2 Å². The highest BCUT2D eigenvalue weighted by molar-refractivity contribution is 5.76. The minimum atomic E-state index is -0.307. The van der Waals surface area contributed by atoms with Crippen molar-refractivity contribution in [1.82, 2.24) is 14.9 Å². The van der Waals surface area contributed by atoms with Gasteiger partial charge in [0.2, 0.25) is 5.91 Å². The molecule has 0 aliphatic carbocycles. The second-order valence-electron chi connectivity index (χ2n) is 5.63. The molecule has 1 saturated heterocycles. The Hall–Kier alpha value is -2.47. The summed E-state index contributed by atoms with van der Waals surface area (Å²) in [5.41, 5.74) is 7.17. The number of primary amides is 1. The van der Waals surface area contributed by atoms with Gasteiger partial charge in [0.15, 0.2) is 5.82 Å². The predicted molar refractivity (Wildman–Crippen MR) is 86.8 cm³/mol. The van der Waals surface area contributed by atoms with Crippen LogP contribution in [-0.4, -0.2) is 41.0 Å². The molecule has 1 aromatic heterocycles. The van der Waals surface area contributed by atoms with Crippen LogP contribution in [0, 0.1) is 0 Å². The molecule has 2 heterocycles. The van der Waals surface area contributed by atoms with E-state index in [1.807, 2.05) is 30.3 Å². The van der Waals surface area contributed by atoms with Gasteiger partial charge in [-0.2, -0.15) is 0 Å². The number of carbonyl (C=O) groups is 1. The van der Waals surface area contributed by atoms with E-state index in [1.165, 1.54) is 0 Å². The van der Waals surface area contributed by atoms with Gasteiger partial charge in [-0.25, -0.2) is 9.97 Å². The quantitative estimate of drug-likeness (QED) is 0.910. The highest BCUT2D eigenvalue weighted by Crippen LogP contribution is 2.31. The first kappa shape index (κ1) is 15.4. The summed E-state index contributed by atoms with van der Waals surface area (Å²) >= 11 is 0. The molecule has 0 radical (unpaired) electrons. The first-order valence-corrected chi connectivity index (χ1v) is 7.67. The minimum Gasteiger partial charge on any atom is -0.497 e. The van der Waals surface area contributed by atoms with Gasteiger partial charge in [-0.05, 0) is 37.6 Å². The van der Waals surface area contributed by atoms with E-state index in [0.717, 1.165) is 36.4 Å². The fourth-order valence-corrected chi connectivity index (χ4v) is 3.01. The van der Waals surface area contributed by atoms with Crippen molar-refractivity contribution in [2.24, 2.45) is 5.73 Å². The van der Waals surface area contributed by atoms with Crippen molar-refractivity contribution >= 4 is 5.91 Å². The van der Waals surface area contributed by atoms with Crippen LogP contribution in [0.4, 0.5) is 0 Å². The SMILES string of the molecule is COc1cccc(-c2nccc([C@@H]3CCCN3CC(N)=O)n2)c1. The van der Waals surface area contributed by atoms with E-state index in [0.29, 0.717) is 5.82 Å². The Bertz CT molecular complexity index is 704. The van der Waals surface area contributed by atoms with Crippen LogP contribution in [0.1, 0.15) is 24.6 Å². The van der Waals surface area contributed by atoms with Crippen molar-refractivity contribution in [2.75, 3.05) is 20.2 Å². The average Bonchev–Trinajstić information content (AvgIpc) is 3.02. The van der Waals surface area contributed by atoms with Gasteiger partial charge >= 0.3 is 0 Å². The maximum Gasteiger partial charge on any atom is 0.231 e. The number of aromatic nitrogens is 2. The summed E-state index contributed by atoms with van der Waals surface area (Å²) in [5.74, 6) is 1.12. The number of nitrogens with two attached hydrogens (primary N) is 1. The van der Waals surface area contributed by atoms with E-state index in [1.54, 1.807) is 13.3 Å². The summed E-state index contributed by atoms with van der Waals surface area (Å²) in [5, 5.41) is 0. The lowest BCUT2D eigenvalue weighted by molar-refractivity contribution is -0.119. The minimum absolute atomic E-state index is 0.120. The number of hydrogen-bond acceptors (Lipinski definition) is 5. The fourth-order valence-electron chi connectivity index (χ4n) is 3.01. The number of methoxy groups -OCH3 is 1. The second-order valence-corrected chi connectivity index (χ2v) is 5.63. The van der Waals surface area contributed by atoms with E-state index in [9.17, 15) is 4.79 Å². The van der Waals surface area contributed by atoms with Crippen LogP contribution in [0.5, 0.6) is 5.75 Å². The zero-order valence-corrected chi connectivity index (χ0v) is 13.1. The van der Waals surface area contributed by atoms with Crippen LogP contribution in [0.25, 0.3) is 11.4 Å². The van der Waals surface area contributed by atoms with Crippen molar-refractivity contribution < 1.29 is 9.53 Å². The first-order valence-electron chi connectivity index (χ1n) is 7.67. The molecule has 1 fully saturated rings. The number of nitrogens with zero attached hydrogens (tertiary/aromatic N) is 3. The molecule has 1 aliphatic heterocycles. The molecule has 0 spiro atoms. The standard InChI is InChI=1S/C17H20N4O2/c1-23-13-5-2-4-12(10-13)17-19-8-7-14(20-17)15-6-3-9-21(15)11-16(18)22/h2,4-5,7-8,10,15H,3,6,9,11H2,1H3,(H2,18,22)/t15-/m0/s1. The monoisotopic (exact) mass is 312 g/mol. The zero-order valence-electron chi connectivity index (χ0n) is 13.1. The molecule has 0 bridgehead atoms. The van der Waals surface area contributed by atoms with Gasteiger partial charge in [-0.3, -0.25) is 9.69 Å². The normalized spacial score (nSPS) is 18.0. The molecule has 120 valence electrons. The maximum atomic E-state index is 11.2. The molecule has 1 amide bonds. The van der Waals surface area contributed by atoms with Gasteiger partial charge in [0.05, 0.1) is 25.4 Å². The Labute approximate surface area is 135 Å². The lowest BCUT2D eigenvalue weighted by Crippen LogP contribution is -2.33. The Morgan fingerprint density at radius 2 is 2.30 bits per heavy atom. The summed E-state index contributed by atoms with van der Waals surface area (Å²) in [6, 6.07) is 9.70. The lowest BCUT2D eigenvalue weighted by Gasteiger charge is -2.22. The molecular formula is C17H20N4O2. The van der Waals surface area contributed by atoms with Crippen molar-refractivity contribution in [1.29, 1.82) is 0 Å². The second kappa shape index (κ2) is 6.75. The van der Waals surface area contributed by atoms with Crippen LogP contribution in [0.15, 0.2) is 36.5 Å². The molecular weight excluding hydrogens is 292 g/mol. The van der Waals surface area contributed by atoms with E-state index in [2.05, 4.69) is 9.88 Å². The van der Waals surface area contributed by atoms with Crippen LogP contribution in [-0.2, 0) is 4.79 Å². The molecule has 1 aromatic carbocycles. The van der Waals surface area contributed by atoms with E-state index in [-0.39, 0.29) is 18.5 Å². The predicted octanol–water partition coefficient (Wildman–Crippen LogP) is 1.77. The van der Waals surface area contributed by atoms with E-state index in [4.69, 9.17) is 15.5 Å². The van der Waals surface area contributed by atoms with Gasteiger partial charge in [-0.15, -0.1) is 0 Å². The van der Waals surface area contributed by atoms with Crippen LogP contribution < -0.4 is 10.5 Å². The van der Waals surface area contributed by atoms with Gasteiger partial charge in [-0.1, -0.05) is 12.1 Å². The highest BCUT2D eigenvalue weighted by Gasteiger charge is 2.28. The number of hydrogen-bond donors (Lipinski definition) is 1. The van der Waals surface area contributed by atoms with Gasteiger partial charge < -0.3 is 10.5 Å². The average molecular weight is 312 g/mol. The molecule has 6 heteroatoms. The number of carbonyl (C=O) groups excluding carboxylic acids is 1.